The SMILES string of the molecule is CCCC(C)COC(C)(CC)CN. The van der Waals surface area contributed by atoms with Crippen LogP contribution in [0.15, 0.2) is 0 Å². The molecule has 0 aromatic heterocycles. The summed E-state index contributed by atoms with van der Waals surface area (Å²) in [5.74, 6) is 0.655. The lowest BCUT2D eigenvalue weighted by Gasteiger charge is -2.28. The largest absolute Gasteiger partial charge is 0.374 e. The summed E-state index contributed by atoms with van der Waals surface area (Å²) in [6, 6.07) is 0. The third kappa shape index (κ3) is 5.27. The number of rotatable bonds is 7. The highest BCUT2D eigenvalue weighted by Crippen LogP contribution is 2.16. The molecule has 2 N–H and O–H groups in total. The summed E-state index contributed by atoms with van der Waals surface area (Å²) in [5.41, 5.74) is 5.54. The Hall–Kier alpha value is -0.0800. The maximum absolute atomic E-state index is 5.82. The summed E-state index contributed by atoms with van der Waals surface area (Å²) < 4.78 is 5.82. The van der Waals surface area contributed by atoms with Gasteiger partial charge in [-0.2, -0.15) is 0 Å². The molecular weight excluding hydrogens is 162 g/mol. The van der Waals surface area contributed by atoms with Crippen LogP contribution in [0.3, 0.4) is 0 Å². The van der Waals surface area contributed by atoms with Gasteiger partial charge < -0.3 is 10.5 Å². The van der Waals surface area contributed by atoms with Gasteiger partial charge in [0.1, 0.15) is 0 Å². The van der Waals surface area contributed by atoms with Crippen molar-refractivity contribution in [3.05, 3.63) is 0 Å². The van der Waals surface area contributed by atoms with Crippen LogP contribution in [0.2, 0.25) is 0 Å². The Morgan fingerprint density at radius 3 is 2.38 bits per heavy atom. The molecule has 2 atom stereocenters. The number of ether oxygens (including phenoxy) is 1. The topological polar surface area (TPSA) is 35.2 Å². The summed E-state index contributed by atoms with van der Waals surface area (Å²) in [4.78, 5) is 0. The monoisotopic (exact) mass is 187 g/mol. The Bertz CT molecular complexity index is 121. The molecule has 0 saturated heterocycles. The van der Waals surface area contributed by atoms with E-state index in [-0.39, 0.29) is 5.60 Å². The molecule has 0 spiro atoms. The van der Waals surface area contributed by atoms with Crippen LogP contribution >= 0.6 is 0 Å². The second kappa shape index (κ2) is 6.39. The Morgan fingerprint density at radius 2 is 2.00 bits per heavy atom. The van der Waals surface area contributed by atoms with E-state index in [2.05, 4.69) is 27.7 Å². The van der Waals surface area contributed by atoms with Crippen molar-refractivity contribution in [2.75, 3.05) is 13.2 Å². The van der Waals surface area contributed by atoms with Crippen molar-refractivity contribution < 1.29 is 4.74 Å². The van der Waals surface area contributed by atoms with Gasteiger partial charge in [-0.1, -0.05) is 27.2 Å². The molecule has 13 heavy (non-hydrogen) atoms. The lowest BCUT2D eigenvalue weighted by molar-refractivity contribution is -0.0429. The molecular formula is C11H25NO. The first-order valence-electron chi connectivity index (χ1n) is 5.42. The number of hydrogen-bond donors (Lipinski definition) is 1. The van der Waals surface area contributed by atoms with E-state index in [0.717, 1.165) is 13.0 Å². The lowest BCUT2D eigenvalue weighted by Crippen LogP contribution is -2.38. The molecule has 0 rings (SSSR count). The Kier molecular flexibility index (Phi) is 6.35. The summed E-state index contributed by atoms with van der Waals surface area (Å²) in [7, 11) is 0. The van der Waals surface area contributed by atoms with Crippen LogP contribution in [0.5, 0.6) is 0 Å². The highest BCUT2D eigenvalue weighted by atomic mass is 16.5. The van der Waals surface area contributed by atoms with Crippen LogP contribution in [0.25, 0.3) is 0 Å². The molecule has 0 amide bonds. The fourth-order valence-corrected chi connectivity index (χ4v) is 1.22. The molecule has 0 aromatic carbocycles. The molecule has 0 aliphatic carbocycles. The van der Waals surface area contributed by atoms with Crippen LogP contribution < -0.4 is 5.73 Å². The van der Waals surface area contributed by atoms with Crippen molar-refractivity contribution in [2.24, 2.45) is 11.7 Å². The van der Waals surface area contributed by atoms with Crippen molar-refractivity contribution in [1.82, 2.24) is 0 Å². The molecule has 2 nitrogen and oxygen atoms in total. The molecule has 0 heterocycles. The first-order valence-corrected chi connectivity index (χ1v) is 5.42. The van der Waals surface area contributed by atoms with Crippen molar-refractivity contribution in [2.45, 2.75) is 52.6 Å². The average molecular weight is 187 g/mol. The van der Waals surface area contributed by atoms with Crippen LogP contribution in [0.4, 0.5) is 0 Å². The van der Waals surface area contributed by atoms with Crippen molar-refractivity contribution in [3.63, 3.8) is 0 Å². The Balaban J connectivity index is 3.71. The maximum Gasteiger partial charge on any atom is 0.0773 e. The van der Waals surface area contributed by atoms with Crippen molar-refractivity contribution in [3.8, 4) is 0 Å². The summed E-state index contributed by atoms with van der Waals surface area (Å²) in [6.07, 6.45) is 3.46. The molecule has 0 aromatic rings. The summed E-state index contributed by atoms with van der Waals surface area (Å²) in [5, 5.41) is 0. The highest BCUT2D eigenvalue weighted by molar-refractivity contribution is 4.74. The molecule has 0 fully saturated rings. The second-order valence-electron chi connectivity index (χ2n) is 4.21. The van der Waals surface area contributed by atoms with Crippen molar-refractivity contribution >= 4 is 0 Å². The van der Waals surface area contributed by atoms with Crippen molar-refractivity contribution in [1.29, 1.82) is 0 Å². The molecule has 2 heteroatoms. The van der Waals surface area contributed by atoms with Gasteiger partial charge in [-0.05, 0) is 25.7 Å². The third-order valence-electron chi connectivity index (χ3n) is 2.68. The van der Waals surface area contributed by atoms with E-state index < -0.39 is 0 Å². The standard InChI is InChI=1S/C11H25NO/c1-5-7-10(3)8-13-11(4,6-2)9-12/h10H,5-9,12H2,1-4H3. The molecule has 80 valence electrons. The summed E-state index contributed by atoms with van der Waals surface area (Å²) in [6.45, 7) is 10.1. The zero-order valence-electron chi connectivity index (χ0n) is 9.60. The quantitative estimate of drug-likeness (QED) is 0.665. The van der Waals surface area contributed by atoms with E-state index in [1.807, 2.05) is 0 Å². The van der Waals surface area contributed by atoms with Gasteiger partial charge >= 0.3 is 0 Å². The summed E-state index contributed by atoms with van der Waals surface area (Å²) >= 11 is 0. The Labute approximate surface area is 82.8 Å². The van der Waals surface area contributed by atoms with Gasteiger partial charge in [-0.3, -0.25) is 0 Å². The van der Waals surface area contributed by atoms with Gasteiger partial charge in [0.2, 0.25) is 0 Å². The Morgan fingerprint density at radius 1 is 1.38 bits per heavy atom. The number of nitrogens with two attached hydrogens (primary N) is 1. The normalized spacial score (nSPS) is 18.2. The van der Waals surface area contributed by atoms with Gasteiger partial charge in [0.15, 0.2) is 0 Å². The average Bonchev–Trinajstić information content (AvgIpc) is 2.15. The van der Waals surface area contributed by atoms with E-state index in [1.54, 1.807) is 0 Å². The lowest BCUT2D eigenvalue weighted by atomic mass is 10.0. The van der Waals surface area contributed by atoms with E-state index in [1.165, 1.54) is 12.8 Å². The van der Waals surface area contributed by atoms with Crippen LogP contribution in [-0.4, -0.2) is 18.8 Å². The maximum atomic E-state index is 5.82. The molecule has 2 unspecified atom stereocenters. The predicted octanol–water partition coefficient (Wildman–Crippen LogP) is 2.57. The van der Waals surface area contributed by atoms with Gasteiger partial charge in [-0.15, -0.1) is 0 Å². The fourth-order valence-electron chi connectivity index (χ4n) is 1.22. The van der Waals surface area contributed by atoms with E-state index >= 15 is 0 Å². The second-order valence-corrected chi connectivity index (χ2v) is 4.21. The zero-order chi connectivity index (χ0) is 10.3. The van der Waals surface area contributed by atoms with Gasteiger partial charge in [0, 0.05) is 13.2 Å². The van der Waals surface area contributed by atoms with Crippen LogP contribution in [-0.2, 0) is 4.74 Å². The first kappa shape index (κ1) is 12.9. The predicted molar refractivity (Wildman–Crippen MR) is 57.8 cm³/mol. The number of hydrogen-bond acceptors (Lipinski definition) is 2. The minimum absolute atomic E-state index is 0.109. The molecule has 0 aliphatic rings. The third-order valence-corrected chi connectivity index (χ3v) is 2.68. The van der Waals surface area contributed by atoms with E-state index in [9.17, 15) is 0 Å². The molecule has 0 aliphatic heterocycles. The fraction of sp³-hybridized carbons (Fsp3) is 1.00. The molecule has 0 bridgehead atoms. The van der Waals surface area contributed by atoms with Gasteiger partial charge in [0.05, 0.1) is 5.60 Å². The first-order chi connectivity index (χ1) is 6.08. The highest BCUT2D eigenvalue weighted by Gasteiger charge is 2.21. The van der Waals surface area contributed by atoms with E-state index in [0.29, 0.717) is 12.5 Å². The minimum atomic E-state index is -0.109. The van der Waals surface area contributed by atoms with Gasteiger partial charge in [-0.25, -0.2) is 0 Å². The van der Waals surface area contributed by atoms with Crippen LogP contribution in [0, 0.1) is 5.92 Å². The minimum Gasteiger partial charge on any atom is -0.374 e. The zero-order valence-corrected chi connectivity index (χ0v) is 9.60. The van der Waals surface area contributed by atoms with Crippen LogP contribution in [0.1, 0.15) is 47.0 Å². The molecule has 0 saturated carbocycles. The molecule has 0 radical (unpaired) electrons. The van der Waals surface area contributed by atoms with Gasteiger partial charge in [0.25, 0.3) is 0 Å². The van der Waals surface area contributed by atoms with E-state index in [4.69, 9.17) is 10.5 Å². The smallest absolute Gasteiger partial charge is 0.0773 e.